The average molecular weight is 317 g/mol. The minimum atomic E-state index is -3.29. The van der Waals surface area contributed by atoms with Gasteiger partial charge in [-0.15, -0.1) is 0 Å². The lowest BCUT2D eigenvalue weighted by Crippen LogP contribution is -2.58. The molecule has 0 aromatic rings. The molecule has 0 aromatic heterocycles. The SMILES string of the molecule is CC(C)CNC(=O)N1C[C@H]2C[C@H]3[C@](C1)(CN(C)S3(=O)=O)O2. The third-order valence-electron chi connectivity index (χ3n) is 4.58. The maximum atomic E-state index is 12.3. The van der Waals surface area contributed by atoms with Crippen LogP contribution in [0.3, 0.4) is 0 Å². The molecule has 3 atom stereocenters. The summed E-state index contributed by atoms with van der Waals surface area (Å²) >= 11 is 0. The van der Waals surface area contributed by atoms with Gasteiger partial charge in [-0.2, -0.15) is 0 Å². The Bertz CT molecular complexity index is 550. The molecule has 0 unspecified atom stereocenters. The molecule has 1 spiro atoms. The Balaban J connectivity index is 1.76. The quantitative estimate of drug-likeness (QED) is 0.767. The molecule has 0 radical (unpaired) electrons. The Labute approximate surface area is 125 Å². The molecule has 7 nitrogen and oxygen atoms in total. The molecule has 21 heavy (non-hydrogen) atoms. The van der Waals surface area contributed by atoms with Crippen LogP contribution in [0.1, 0.15) is 20.3 Å². The van der Waals surface area contributed by atoms with Gasteiger partial charge < -0.3 is 15.0 Å². The largest absolute Gasteiger partial charge is 0.365 e. The van der Waals surface area contributed by atoms with Gasteiger partial charge in [0.15, 0.2) is 0 Å². The maximum absolute atomic E-state index is 12.3. The van der Waals surface area contributed by atoms with Gasteiger partial charge in [-0.3, -0.25) is 0 Å². The number of amides is 2. The second kappa shape index (κ2) is 4.82. The zero-order valence-corrected chi connectivity index (χ0v) is 13.5. The van der Waals surface area contributed by atoms with Crippen molar-refractivity contribution in [2.75, 3.05) is 33.2 Å². The fourth-order valence-electron chi connectivity index (χ4n) is 3.62. The lowest BCUT2D eigenvalue weighted by molar-refractivity contribution is -0.0943. The molecular formula is C13H23N3O4S. The molecule has 8 heteroatoms. The van der Waals surface area contributed by atoms with E-state index >= 15 is 0 Å². The number of sulfonamides is 1. The van der Waals surface area contributed by atoms with Crippen molar-refractivity contribution in [1.82, 2.24) is 14.5 Å². The summed E-state index contributed by atoms with van der Waals surface area (Å²) in [5.74, 6) is 0.385. The van der Waals surface area contributed by atoms with Crippen molar-refractivity contribution in [3.05, 3.63) is 0 Å². The van der Waals surface area contributed by atoms with Crippen molar-refractivity contribution in [2.24, 2.45) is 5.92 Å². The monoisotopic (exact) mass is 317 g/mol. The van der Waals surface area contributed by atoms with E-state index in [1.54, 1.807) is 11.9 Å². The first-order valence-electron chi connectivity index (χ1n) is 7.40. The molecule has 120 valence electrons. The number of carbonyl (C=O) groups excluding carboxylic acids is 1. The van der Waals surface area contributed by atoms with Gasteiger partial charge in [0.05, 0.1) is 12.6 Å². The van der Waals surface area contributed by atoms with Gasteiger partial charge in [0.2, 0.25) is 10.0 Å². The van der Waals surface area contributed by atoms with Crippen molar-refractivity contribution in [2.45, 2.75) is 37.2 Å². The van der Waals surface area contributed by atoms with Crippen molar-refractivity contribution >= 4 is 16.1 Å². The number of likely N-dealkylation sites (N-methyl/N-ethyl adjacent to an activating group) is 1. The number of nitrogens with zero attached hydrogens (tertiary/aromatic N) is 2. The summed E-state index contributed by atoms with van der Waals surface area (Å²) in [6.45, 7) is 5.86. The summed E-state index contributed by atoms with van der Waals surface area (Å²) in [6.07, 6.45) is 0.317. The summed E-state index contributed by atoms with van der Waals surface area (Å²) in [5, 5.41) is 2.39. The number of likely N-dealkylation sites (tertiary alicyclic amines) is 1. The van der Waals surface area contributed by atoms with Gasteiger partial charge in [0.25, 0.3) is 0 Å². The predicted molar refractivity (Wildman–Crippen MR) is 77.4 cm³/mol. The highest BCUT2D eigenvalue weighted by molar-refractivity contribution is 7.90. The zero-order valence-electron chi connectivity index (χ0n) is 12.7. The van der Waals surface area contributed by atoms with Crippen molar-refractivity contribution in [3.63, 3.8) is 0 Å². The molecule has 3 rings (SSSR count). The van der Waals surface area contributed by atoms with E-state index in [1.807, 2.05) is 13.8 Å². The van der Waals surface area contributed by atoms with E-state index in [1.165, 1.54) is 4.31 Å². The lowest BCUT2D eigenvalue weighted by Gasteiger charge is -2.39. The van der Waals surface area contributed by atoms with E-state index < -0.39 is 20.9 Å². The Hall–Kier alpha value is -0.860. The van der Waals surface area contributed by atoms with Gasteiger partial charge >= 0.3 is 6.03 Å². The minimum Gasteiger partial charge on any atom is -0.365 e. The zero-order chi connectivity index (χ0) is 15.4. The molecule has 0 saturated carbocycles. The van der Waals surface area contributed by atoms with E-state index in [4.69, 9.17) is 4.74 Å². The summed E-state index contributed by atoms with van der Waals surface area (Å²) in [5.41, 5.74) is -0.744. The smallest absolute Gasteiger partial charge is 0.317 e. The highest BCUT2D eigenvalue weighted by atomic mass is 32.2. The van der Waals surface area contributed by atoms with Crippen molar-refractivity contribution in [3.8, 4) is 0 Å². The van der Waals surface area contributed by atoms with Crippen LogP contribution < -0.4 is 5.32 Å². The summed E-state index contributed by atoms with van der Waals surface area (Å²) in [7, 11) is -1.71. The highest BCUT2D eigenvalue weighted by Crippen LogP contribution is 2.45. The number of rotatable bonds is 2. The first-order chi connectivity index (χ1) is 9.74. The van der Waals surface area contributed by atoms with E-state index in [9.17, 15) is 13.2 Å². The number of hydrogen-bond donors (Lipinski definition) is 1. The van der Waals surface area contributed by atoms with E-state index in [2.05, 4.69) is 5.32 Å². The van der Waals surface area contributed by atoms with Gasteiger partial charge in [-0.05, 0) is 12.3 Å². The molecule has 2 bridgehead atoms. The number of carbonyl (C=O) groups is 1. The summed E-state index contributed by atoms with van der Waals surface area (Å²) < 4.78 is 32.0. The lowest BCUT2D eigenvalue weighted by atomic mass is 9.99. The van der Waals surface area contributed by atoms with Crippen LogP contribution in [-0.2, 0) is 14.8 Å². The molecule has 0 aliphatic carbocycles. The fraction of sp³-hybridized carbons (Fsp3) is 0.923. The molecule has 3 heterocycles. The van der Waals surface area contributed by atoms with Crippen LogP contribution in [0.15, 0.2) is 0 Å². The highest BCUT2D eigenvalue weighted by Gasteiger charge is 2.64. The molecule has 3 saturated heterocycles. The van der Waals surface area contributed by atoms with Gasteiger partial charge in [-0.25, -0.2) is 17.5 Å². The number of hydrogen-bond acceptors (Lipinski definition) is 4. The van der Waals surface area contributed by atoms with E-state index in [0.717, 1.165) is 0 Å². The average Bonchev–Trinajstić information content (AvgIpc) is 2.74. The third kappa shape index (κ3) is 2.33. The topological polar surface area (TPSA) is 79.0 Å². The Morgan fingerprint density at radius 1 is 1.43 bits per heavy atom. The Kier molecular flexibility index (Phi) is 3.46. The van der Waals surface area contributed by atoms with E-state index in [0.29, 0.717) is 38.5 Å². The second-order valence-electron chi connectivity index (χ2n) is 6.79. The number of nitrogens with one attached hydrogen (secondary N) is 1. The minimum absolute atomic E-state index is 0.121. The van der Waals surface area contributed by atoms with E-state index in [-0.39, 0.29) is 12.1 Å². The number of fused-ring (bicyclic) bond motifs is 1. The first-order valence-corrected chi connectivity index (χ1v) is 8.91. The van der Waals surface area contributed by atoms with Gasteiger partial charge in [-0.1, -0.05) is 13.8 Å². The molecular weight excluding hydrogens is 294 g/mol. The molecule has 3 aliphatic heterocycles. The molecule has 2 amide bonds. The normalized spacial score (nSPS) is 37.8. The fourth-order valence-corrected chi connectivity index (χ4v) is 5.66. The first kappa shape index (κ1) is 15.1. The molecule has 1 N–H and O–H groups in total. The molecule has 3 aliphatic rings. The Morgan fingerprint density at radius 3 is 2.81 bits per heavy atom. The van der Waals surface area contributed by atoms with Crippen LogP contribution in [0, 0.1) is 5.92 Å². The van der Waals surface area contributed by atoms with Crippen LogP contribution in [0.25, 0.3) is 0 Å². The molecule has 0 aromatic carbocycles. The van der Waals surface area contributed by atoms with Gasteiger partial charge in [0, 0.05) is 26.7 Å². The summed E-state index contributed by atoms with van der Waals surface area (Å²) in [6, 6.07) is -0.121. The van der Waals surface area contributed by atoms with Crippen molar-refractivity contribution < 1.29 is 17.9 Å². The van der Waals surface area contributed by atoms with Crippen LogP contribution in [0.2, 0.25) is 0 Å². The van der Waals surface area contributed by atoms with Crippen LogP contribution in [-0.4, -0.2) is 73.8 Å². The second-order valence-corrected chi connectivity index (χ2v) is 9.01. The van der Waals surface area contributed by atoms with Crippen molar-refractivity contribution in [1.29, 1.82) is 0 Å². The predicted octanol–water partition coefficient (Wildman–Crippen LogP) is -0.161. The van der Waals surface area contributed by atoms with Gasteiger partial charge in [0.1, 0.15) is 10.9 Å². The number of urea groups is 1. The third-order valence-corrected chi connectivity index (χ3v) is 6.92. The Morgan fingerprint density at radius 2 is 2.14 bits per heavy atom. The molecule has 3 fully saturated rings. The van der Waals surface area contributed by atoms with Crippen LogP contribution >= 0.6 is 0 Å². The van der Waals surface area contributed by atoms with Crippen LogP contribution in [0.5, 0.6) is 0 Å². The standard InChI is InChI=1S/C13H23N3O4S/c1-9(2)5-14-12(17)16-6-10-4-11-13(8-16,20-10)7-15(3)21(11,18)19/h9-11H,4-8H2,1-3H3,(H,14,17)/t10-,11+,13-/m1/s1. The van der Waals surface area contributed by atoms with Crippen LogP contribution in [0.4, 0.5) is 4.79 Å². The number of ether oxygens (including phenoxy) is 1. The maximum Gasteiger partial charge on any atom is 0.317 e. The number of morpholine rings is 1. The summed E-state index contributed by atoms with van der Waals surface area (Å²) in [4.78, 5) is 14.0.